The van der Waals surface area contributed by atoms with Crippen LogP contribution in [0.3, 0.4) is 0 Å². The van der Waals surface area contributed by atoms with Crippen molar-refractivity contribution in [2.45, 2.75) is 13.0 Å². The van der Waals surface area contributed by atoms with Crippen LogP contribution in [-0.2, 0) is 4.79 Å². The molecular weight excluding hydrogens is 270 g/mol. The number of urea groups is 1. The van der Waals surface area contributed by atoms with Crippen LogP contribution in [0.4, 0.5) is 9.93 Å². The van der Waals surface area contributed by atoms with Crippen molar-refractivity contribution in [2.24, 2.45) is 0 Å². The van der Waals surface area contributed by atoms with Crippen LogP contribution in [0.1, 0.15) is 17.4 Å². The fraction of sp³-hybridized carbons (Fsp3) is 0.400. The number of nitrogens with one attached hydrogen (secondary N) is 2. The minimum absolute atomic E-state index is 0.150. The molecule has 2 N–H and O–H groups in total. The number of carbonyl (C=O) groups is 3. The Morgan fingerprint density at radius 1 is 1.47 bits per heavy atom. The lowest BCUT2D eigenvalue weighted by Gasteiger charge is -2.13. The zero-order chi connectivity index (χ0) is 14.2. The maximum atomic E-state index is 11.9. The van der Waals surface area contributed by atoms with Gasteiger partial charge in [-0.1, -0.05) is 0 Å². The fourth-order valence-electron chi connectivity index (χ4n) is 1.52. The molecule has 0 bridgehead atoms. The van der Waals surface area contributed by atoms with Crippen LogP contribution < -0.4 is 10.7 Å². The number of imide groups is 1. The van der Waals surface area contributed by atoms with Crippen LogP contribution >= 0.6 is 11.3 Å². The third-order valence-electron chi connectivity index (χ3n) is 2.82. The van der Waals surface area contributed by atoms with Gasteiger partial charge in [-0.3, -0.25) is 15.0 Å². The number of thiazole rings is 1. The minimum Gasteiger partial charge on any atom is -0.365 e. The van der Waals surface area contributed by atoms with Crippen LogP contribution in [0.15, 0.2) is 5.38 Å². The molecule has 2 rings (SSSR count). The van der Waals surface area contributed by atoms with E-state index >= 15 is 0 Å². The molecule has 1 aliphatic rings. The standard InChI is InChI=1S/C10H13N5O3S/c1-5-8(17)15(10(18)14(5)3)13-7(16)6-4-19-9(11-2)12-6/h4-5H,1-3H3,(H,11,12)(H,13,16). The number of aromatic nitrogens is 1. The molecule has 8 nitrogen and oxygen atoms in total. The van der Waals surface area contributed by atoms with Gasteiger partial charge in [-0.25, -0.2) is 9.78 Å². The van der Waals surface area contributed by atoms with Gasteiger partial charge in [-0.2, -0.15) is 5.01 Å². The summed E-state index contributed by atoms with van der Waals surface area (Å²) in [5.74, 6) is -1.06. The average Bonchev–Trinajstić information content (AvgIpc) is 2.95. The van der Waals surface area contributed by atoms with Crippen molar-refractivity contribution in [1.29, 1.82) is 0 Å². The number of hydrogen-bond donors (Lipinski definition) is 2. The number of hydrogen-bond acceptors (Lipinski definition) is 6. The van der Waals surface area contributed by atoms with Crippen LogP contribution in [0, 0.1) is 0 Å². The van der Waals surface area contributed by atoms with Crippen molar-refractivity contribution < 1.29 is 14.4 Å². The van der Waals surface area contributed by atoms with E-state index < -0.39 is 23.9 Å². The van der Waals surface area contributed by atoms with Crippen molar-refractivity contribution >= 4 is 34.3 Å². The molecule has 102 valence electrons. The van der Waals surface area contributed by atoms with Crippen molar-refractivity contribution in [3.63, 3.8) is 0 Å². The molecule has 0 radical (unpaired) electrons. The number of amides is 4. The summed E-state index contributed by atoms with van der Waals surface area (Å²) < 4.78 is 0. The molecule has 9 heteroatoms. The lowest BCUT2D eigenvalue weighted by molar-refractivity contribution is -0.129. The third-order valence-corrected chi connectivity index (χ3v) is 3.68. The molecule has 1 aromatic rings. The lowest BCUT2D eigenvalue weighted by Crippen LogP contribution is -2.46. The van der Waals surface area contributed by atoms with E-state index in [1.807, 2.05) is 0 Å². The van der Waals surface area contributed by atoms with Crippen LogP contribution in [0.2, 0.25) is 0 Å². The lowest BCUT2D eigenvalue weighted by atomic mass is 10.3. The number of carbonyl (C=O) groups excluding carboxylic acids is 3. The van der Waals surface area contributed by atoms with E-state index in [9.17, 15) is 14.4 Å². The summed E-state index contributed by atoms with van der Waals surface area (Å²) in [4.78, 5) is 40.6. The van der Waals surface area contributed by atoms with Gasteiger partial charge < -0.3 is 10.2 Å². The summed E-state index contributed by atoms with van der Waals surface area (Å²) in [5, 5.41) is 5.63. The van der Waals surface area contributed by atoms with E-state index in [0.29, 0.717) is 10.1 Å². The molecule has 2 heterocycles. The highest BCUT2D eigenvalue weighted by Crippen LogP contribution is 2.16. The highest BCUT2D eigenvalue weighted by molar-refractivity contribution is 7.13. The first kappa shape index (κ1) is 13.3. The van der Waals surface area contributed by atoms with Gasteiger partial charge in [0.1, 0.15) is 11.7 Å². The Labute approximate surface area is 113 Å². The van der Waals surface area contributed by atoms with E-state index in [2.05, 4.69) is 15.7 Å². The highest BCUT2D eigenvalue weighted by atomic mass is 32.1. The Morgan fingerprint density at radius 2 is 2.16 bits per heavy atom. The van der Waals surface area contributed by atoms with Gasteiger partial charge in [0.05, 0.1) is 0 Å². The second-order valence-electron chi connectivity index (χ2n) is 3.97. The Hall–Kier alpha value is -2.16. The Kier molecular flexibility index (Phi) is 3.38. The molecule has 4 amide bonds. The summed E-state index contributed by atoms with van der Waals surface area (Å²) in [6.45, 7) is 1.59. The normalized spacial score (nSPS) is 19.0. The smallest absolute Gasteiger partial charge is 0.346 e. The molecule has 1 aromatic heterocycles. The third kappa shape index (κ3) is 2.24. The van der Waals surface area contributed by atoms with Crippen LogP contribution in [0.5, 0.6) is 0 Å². The van der Waals surface area contributed by atoms with Gasteiger partial charge in [0.25, 0.3) is 11.8 Å². The van der Waals surface area contributed by atoms with Crippen molar-refractivity contribution in [2.75, 3.05) is 19.4 Å². The number of anilines is 1. The van der Waals surface area contributed by atoms with Gasteiger partial charge in [-0.05, 0) is 6.92 Å². The zero-order valence-corrected chi connectivity index (χ0v) is 11.4. The van der Waals surface area contributed by atoms with E-state index in [-0.39, 0.29) is 5.69 Å². The maximum Gasteiger partial charge on any atom is 0.346 e. The number of nitrogens with zero attached hydrogens (tertiary/aromatic N) is 3. The van der Waals surface area contributed by atoms with Gasteiger partial charge in [0, 0.05) is 19.5 Å². The van der Waals surface area contributed by atoms with Crippen LogP contribution in [-0.4, -0.2) is 52.9 Å². The van der Waals surface area contributed by atoms with Crippen LogP contribution in [0.25, 0.3) is 0 Å². The molecule has 1 fully saturated rings. The van der Waals surface area contributed by atoms with E-state index in [1.54, 1.807) is 19.4 Å². The Balaban J connectivity index is 2.11. The number of rotatable bonds is 3. The van der Waals surface area contributed by atoms with E-state index in [1.165, 1.54) is 23.3 Å². The summed E-state index contributed by atoms with van der Waals surface area (Å²) >= 11 is 1.26. The van der Waals surface area contributed by atoms with E-state index in [0.717, 1.165) is 0 Å². The average molecular weight is 283 g/mol. The molecule has 0 saturated carbocycles. The monoisotopic (exact) mass is 283 g/mol. The van der Waals surface area contributed by atoms with Gasteiger partial charge in [0.15, 0.2) is 5.13 Å². The molecule has 1 saturated heterocycles. The predicted molar refractivity (Wildman–Crippen MR) is 68.6 cm³/mol. The summed E-state index contributed by atoms with van der Waals surface area (Å²) in [7, 11) is 3.18. The molecule has 1 aliphatic heterocycles. The fourth-order valence-corrected chi connectivity index (χ4v) is 2.18. The molecule has 1 unspecified atom stereocenters. The Morgan fingerprint density at radius 3 is 2.63 bits per heavy atom. The Bertz CT molecular complexity index is 523. The SMILES string of the molecule is CNc1nc(C(=O)NN2C(=O)C(C)N(C)C2=O)cs1. The highest BCUT2D eigenvalue weighted by Gasteiger charge is 2.41. The minimum atomic E-state index is -0.595. The summed E-state index contributed by atoms with van der Waals surface area (Å²) in [6, 6.07) is -1.15. The molecule has 0 spiro atoms. The first-order valence-electron chi connectivity index (χ1n) is 5.50. The second kappa shape index (κ2) is 4.84. The molecular formula is C10H13N5O3S. The maximum absolute atomic E-state index is 11.9. The first-order valence-corrected chi connectivity index (χ1v) is 6.38. The van der Waals surface area contributed by atoms with Crippen molar-refractivity contribution in [3.8, 4) is 0 Å². The zero-order valence-electron chi connectivity index (χ0n) is 10.6. The molecule has 19 heavy (non-hydrogen) atoms. The molecule has 1 atom stereocenters. The van der Waals surface area contributed by atoms with Gasteiger partial charge >= 0.3 is 6.03 Å². The predicted octanol–water partition coefficient (Wildman–Crippen LogP) is 0.112. The summed E-state index contributed by atoms with van der Waals surface area (Å²) in [6.07, 6.45) is 0. The summed E-state index contributed by atoms with van der Waals surface area (Å²) in [5.41, 5.74) is 2.41. The number of hydrazine groups is 1. The second-order valence-corrected chi connectivity index (χ2v) is 4.83. The van der Waals surface area contributed by atoms with Gasteiger partial charge in [0.2, 0.25) is 0 Å². The van der Waals surface area contributed by atoms with E-state index in [4.69, 9.17) is 0 Å². The molecule has 0 aromatic carbocycles. The molecule has 0 aliphatic carbocycles. The number of likely N-dealkylation sites (N-methyl/N-ethyl adjacent to an activating group) is 1. The van der Waals surface area contributed by atoms with Crippen molar-refractivity contribution in [3.05, 3.63) is 11.1 Å². The van der Waals surface area contributed by atoms with Gasteiger partial charge in [-0.15, -0.1) is 11.3 Å². The largest absolute Gasteiger partial charge is 0.365 e. The van der Waals surface area contributed by atoms with Crippen molar-refractivity contribution in [1.82, 2.24) is 20.3 Å². The first-order chi connectivity index (χ1) is 8.95. The quantitative estimate of drug-likeness (QED) is 0.768. The topological polar surface area (TPSA) is 94.6 Å².